The minimum absolute atomic E-state index is 0.234. The lowest BCUT2D eigenvalue weighted by atomic mass is 9.89. The third-order valence-corrected chi connectivity index (χ3v) is 6.05. The second-order valence-corrected chi connectivity index (χ2v) is 8.81. The van der Waals surface area contributed by atoms with Gasteiger partial charge in [0.25, 0.3) is 5.82 Å². The van der Waals surface area contributed by atoms with Gasteiger partial charge in [0, 0.05) is 12.2 Å². The number of H-pyrrole nitrogens is 1. The van der Waals surface area contributed by atoms with Crippen molar-refractivity contribution in [2.45, 2.75) is 51.3 Å². The Hall–Kier alpha value is -1.29. The van der Waals surface area contributed by atoms with Crippen LogP contribution < -0.4 is 9.88 Å². The Morgan fingerprint density at radius 3 is 2.64 bits per heavy atom. The molecule has 136 valence electrons. The average molecular weight is 363 g/mol. The number of aromatic nitrogens is 1. The second kappa shape index (κ2) is 7.53. The highest BCUT2D eigenvalue weighted by atomic mass is 32.2. The molecule has 0 saturated carbocycles. The summed E-state index contributed by atoms with van der Waals surface area (Å²) in [6, 6.07) is 2.46. The molecule has 0 amide bonds. The Bertz CT molecular complexity index is 676. The topological polar surface area (TPSA) is 59.6 Å². The van der Waals surface area contributed by atoms with Gasteiger partial charge in [-0.3, -0.25) is 4.90 Å². The van der Waals surface area contributed by atoms with E-state index in [2.05, 4.69) is 43.6 Å². The molecule has 2 aliphatic heterocycles. The van der Waals surface area contributed by atoms with E-state index in [0.29, 0.717) is 12.5 Å². The maximum atomic E-state index is 9.85. The number of nitrogens with one attached hydrogen (secondary N) is 1. The molecule has 0 atom stereocenters. The monoisotopic (exact) mass is 362 g/mol. The Kier molecular flexibility index (Phi) is 5.57. The summed E-state index contributed by atoms with van der Waals surface area (Å²) in [6.07, 6.45) is 0.770. The van der Waals surface area contributed by atoms with Gasteiger partial charge in [0.1, 0.15) is 24.7 Å². The fraction of sp³-hybridized carbons (Fsp3) is 0.684. The summed E-state index contributed by atoms with van der Waals surface area (Å²) in [5.41, 5.74) is 2.87. The molecule has 3 heterocycles. The van der Waals surface area contributed by atoms with Crippen LogP contribution in [0.25, 0.3) is 0 Å². The lowest BCUT2D eigenvalue weighted by Gasteiger charge is -2.34. The van der Waals surface area contributed by atoms with E-state index < -0.39 is 0 Å². The van der Waals surface area contributed by atoms with Crippen LogP contribution in [0.5, 0.6) is 0 Å². The van der Waals surface area contributed by atoms with Gasteiger partial charge in [0.05, 0.1) is 31.0 Å². The van der Waals surface area contributed by atoms with Crippen molar-refractivity contribution in [3.05, 3.63) is 16.7 Å². The van der Waals surface area contributed by atoms with Gasteiger partial charge in [-0.15, -0.1) is 0 Å². The number of morpholine rings is 1. The van der Waals surface area contributed by atoms with E-state index >= 15 is 0 Å². The molecular weight excluding hydrogens is 334 g/mol. The molecule has 0 unspecified atom stereocenters. The third-order valence-electron chi connectivity index (χ3n) is 4.62. The van der Waals surface area contributed by atoms with Crippen molar-refractivity contribution in [1.29, 1.82) is 5.26 Å². The van der Waals surface area contributed by atoms with E-state index in [1.165, 1.54) is 0 Å². The smallest absolute Gasteiger partial charge is 0.281 e. The highest BCUT2D eigenvalue weighted by molar-refractivity contribution is 7.99. The van der Waals surface area contributed by atoms with Crippen LogP contribution >= 0.6 is 11.8 Å². The fourth-order valence-corrected chi connectivity index (χ4v) is 4.29. The number of fused-ring (bicyclic) bond motifs is 1. The number of aromatic amines is 1. The molecule has 5 nitrogen and oxygen atoms in total. The molecule has 1 N–H and O–H groups in total. The third kappa shape index (κ3) is 4.11. The lowest BCUT2D eigenvalue weighted by molar-refractivity contribution is -0.415. The molecule has 1 saturated heterocycles. The largest absolute Gasteiger partial charge is 0.373 e. The van der Waals surface area contributed by atoms with Crippen LogP contribution in [-0.4, -0.2) is 37.7 Å². The minimum atomic E-state index is -0.234. The van der Waals surface area contributed by atoms with Gasteiger partial charge in [-0.2, -0.15) is 5.26 Å². The van der Waals surface area contributed by atoms with Crippen molar-refractivity contribution in [3.63, 3.8) is 0 Å². The predicted octanol–water partition coefficient (Wildman–Crippen LogP) is 2.81. The standard InChI is InChI=1S/C19H27N3O2S/c1-13(2)12-25-18-15(10-20)14-9-19(3,4)24-11-16(14)17(21-18)22-5-7-23-8-6-22/h13H,5-9,11-12H2,1-4H3/p+1. The maximum absolute atomic E-state index is 9.85. The first-order valence-electron chi connectivity index (χ1n) is 9.02. The van der Waals surface area contributed by atoms with E-state index in [9.17, 15) is 5.26 Å². The molecule has 3 rings (SSSR count). The van der Waals surface area contributed by atoms with Crippen LogP contribution in [0.4, 0.5) is 5.82 Å². The summed E-state index contributed by atoms with van der Waals surface area (Å²) in [7, 11) is 0. The number of hydrogen-bond acceptors (Lipinski definition) is 5. The molecule has 0 aliphatic carbocycles. The number of rotatable bonds is 4. The van der Waals surface area contributed by atoms with E-state index in [4.69, 9.17) is 9.47 Å². The minimum Gasteiger partial charge on any atom is -0.373 e. The summed E-state index contributed by atoms with van der Waals surface area (Å²) in [4.78, 5) is 5.91. The summed E-state index contributed by atoms with van der Waals surface area (Å²) in [6.45, 7) is 12.4. The van der Waals surface area contributed by atoms with Crippen molar-refractivity contribution >= 4 is 17.6 Å². The summed E-state index contributed by atoms with van der Waals surface area (Å²) in [5, 5.41) is 10.8. The zero-order valence-electron chi connectivity index (χ0n) is 15.6. The van der Waals surface area contributed by atoms with Crippen LogP contribution in [0, 0.1) is 17.2 Å². The van der Waals surface area contributed by atoms with E-state index in [-0.39, 0.29) is 5.60 Å². The zero-order chi connectivity index (χ0) is 18.0. The normalized spacial score (nSPS) is 19.6. The van der Waals surface area contributed by atoms with Gasteiger partial charge in [0.15, 0.2) is 5.03 Å². The number of nitriles is 1. The molecule has 6 heteroatoms. The molecule has 1 aromatic rings. The van der Waals surface area contributed by atoms with Gasteiger partial charge < -0.3 is 9.47 Å². The molecule has 2 aliphatic rings. The first-order valence-corrected chi connectivity index (χ1v) is 10.0. The molecule has 0 bridgehead atoms. The number of nitrogens with zero attached hydrogens (tertiary/aromatic N) is 2. The molecule has 1 aromatic heterocycles. The van der Waals surface area contributed by atoms with Crippen LogP contribution in [-0.2, 0) is 22.5 Å². The maximum Gasteiger partial charge on any atom is 0.281 e. The molecule has 0 aromatic carbocycles. The Morgan fingerprint density at radius 2 is 2.00 bits per heavy atom. The van der Waals surface area contributed by atoms with Gasteiger partial charge >= 0.3 is 0 Å². The average Bonchev–Trinajstić information content (AvgIpc) is 2.58. The fourth-order valence-electron chi connectivity index (χ4n) is 3.30. The SMILES string of the molecule is CC(C)CSc1[nH+]c(N2CCOCC2)c2c(c1C#N)CC(C)(C)OC2. The number of hydrogen-bond donors (Lipinski definition) is 0. The van der Waals surface area contributed by atoms with E-state index in [1.54, 1.807) is 11.8 Å². The van der Waals surface area contributed by atoms with Crippen molar-refractivity contribution in [2.75, 3.05) is 37.0 Å². The summed E-state index contributed by atoms with van der Waals surface area (Å²) < 4.78 is 11.6. The number of pyridine rings is 1. The first-order chi connectivity index (χ1) is 11.9. The van der Waals surface area contributed by atoms with E-state index in [0.717, 1.165) is 66.0 Å². The van der Waals surface area contributed by atoms with Crippen LogP contribution in [0.2, 0.25) is 0 Å². The molecule has 25 heavy (non-hydrogen) atoms. The van der Waals surface area contributed by atoms with Crippen molar-refractivity contribution in [2.24, 2.45) is 5.92 Å². The number of thioether (sulfide) groups is 1. The van der Waals surface area contributed by atoms with Gasteiger partial charge in [-0.05, 0) is 25.3 Å². The highest BCUT2D eigenvalue weighted by Gasteiger charge is 2.36. The van der Waals surface area contributed by atoms with Gasteiger partial charge in [-0.1, -0.05) is 25.6 Å². The number of anilines is 1. The molecule has 0 radical (unpaired) electrons. The lowest BCUT2D eigenvalue weighted by Crippen LogP contribution is -2.43. The van der Waals surface area contributed by atoms with Crippen LogP contribution in [0.1, 0.15) is 44.4 Å². The molecule has 0 spiro atoms. The first kappa shape index (κ1) is 18.5. The van der Waals surface area contributed by atoms with Crippen LogP contribution in [0.3, 0.4) is 0 Å². The number of ether oxygens (including phenoxy) is 2. The van der Waals surface area contributed by atoms with Crippen molar-refractivity contribution in [3.8, 4) is 6.07 Å². The molecule has 1 fully saturated rings. The zero-order valence-corrected chi connectivity index (χ0v) is 16.5. The Balaban J connectivity index is 2.08. The Morgan fingerprint density at radius 1 is 1.28 bits per heavy atom. The molecular formula is C19H28N3O2S+. The summed E-state index contributed by atoms with van der Waals surface area (Å²) in [5.74, 6) is 2.68. The highest BCUT2D eigenvalue weighted by Crippen LogP contribution is 2.37. The second-order valence-electron chi connectivity index (χ2n) is 7.78. The predicted molar refractivity (Wildman–Crippen MR) is 98.9 cm³/mol. The van der Waals surface area contributed by atoms with E-state index in [1.807, 2.05) is 0 Å². The Labute approximate surface area is 154 Å². The summed E-state index contributed by atoms with van der Waals surface area (Å²) >= 11 is 1.75. The van der Waals surface area contributed by atoms with Gasteiger partial charge in [0.2, 0.25) is 0 Å². The quantitative estimate of drug-likeness (QED) is 0.771. The van der Waals surface area contributed by atoms with Crippen LogP contribution in [0.15, 0.2) is 5.03 Å². The van der Waals surface area contributed by atoms with Gasteiger partial charge in [-0.25, -0.2) is 4.98 Å². The van der Waals surface area contributed by atoms with Crippen molar-refractivity contribution in [1.82, 2.24) is 0 Å². The van der Waals surface area contributed by atoms with Crippen molar-refractivity contribution < 1.29 is 14.5 Å².